The van der Waals surface area contributed by atoms with E-state index in [1.807, 2.05) is 55.5 Å². The van der Waals surface area contributed by atoms with Crippen molar-refractivity contribution in [1.82, 2.24) is 5.32 Å². The molecule has 0 aliphatic rings. The minimum atomic E-state index is -0.680. The maximum Gasteiger partial charge on any atom is 0.241 e. The van der Waals surface area contributed by atoms with E-state index in [-0.39, 0.29) is 11.9 Å². The first-order valence-corrected chi connectivity index (χ1v) is 6.82. The van der Waals surface area contributed by atoms with Crippen LogP contribution in [0.5, 0.6) is 0 Å². The van der Waals surface area contributed by atoms with Crippen molar-refractivity contribution in [3.05, 3.63) is 70.7 Å². The summed E-state index contributed by atoms with van der Waals surface area (Å²) < 4.78 is 0. The normalized spacial score (nSPS) is 13.6. The van der Waals surface area contributed by atoms with Gasteiger partial charge in [0.05, 0.1) is 6.04 Å². The van der Waals surface area contributed by atoms with Gasteiger partial charge in [-0.05, 0) is 24.1 Å². The van der Waals surface area contributed by atoms with Crippen LogP contribution >= 0.6 is 11.6 Å². The van der Waals surface area contributed by atoms with E-state index in [1.54, 1.807) is 6.07 Å². The number of carbonyl (C=O) groups is 1. The fraction of sp³-hybridized carbons (Fsp3) is 0.188. The number of benzene rings is 2. The third kappa shape index (κ3) is 3.38. The summed E-state index contributed by atoms with van der Waals surface area (Å²) in [6.07, 6.45) is 0. The molecule has 0 saturated heterocycles. The third-order valence-electron chi connectivity index (χ3n) is 3.17. The van der Waals surface area contributed by atoms with Gasteiger partial charge in [-0.25, -0.2) is 0 Å². The first kappa shape index (κ1) is 14.6. The van der Waals surface area contributed by atoms with Crippen molar-refractivity contribution in [2.24, 2.45) is 5.73 Å². The van der Waals surface area contributed by atoms with Crippen molar-refractivity contribution in [3.63, 3.8) is 0 Å². The minimum Gasteiger partial charge on any atom is -0.348 e. The number of carbonyl (C=O) groups excluding carboxylic acids is 1. The summed E-state index contributed by atoms with van der Waals surface area (Å²) in [7, 11) is 0. The van der Waals surface area contributed by atoms with Crippen molar-refractivity contribution >= 4 is 17.5 Å². The fourth-order valence-electron chi connectivity index (χ4n) is 2.02. The molecule has 2 aromatic carbocycles. The molecule has 0 fully saturated rings. The van der Waals surface area contributed by atoms with Crippen LogP contribution in [0.25, 0.3) is 0 Å². The second kappa shape index (κ2) is 6.55. The van der Waals surface area contributed by atoms with Gasteiger partial charge < -0.3 is 11.1 Å². The van der Waals surface area contributed by atoms with Crippen LogP contribution in [0.15, 0.2) is 54.6 Å². The summed E-state index contributed by atoms with van der Waals surface area (Å²) in [5, 5.41) is 3.52. The highest BCUT2D eigenvalue weighted by Gasteiger charge is 2.18. The van der Waals surface area contributed by atoms with Crippen LogP contribution in [0, 0.1) is 0 Å². The molecule has 20 heavy (non-hydrogen) atoms. The molecule has 2 rings (SSSR count). The molecule has 0 heterocycles. The van der Waals surface area contributed by atoms with Crippen LogP contribution in [-0.2, 0) is 4.79 Å². The molecular weight excluding hydrogens is 272 g/mol. The molecular formula is C16H17ClN2O. The molecule has 0 bridgehead atoms. The molecule has 2 aromatic rings. The predicted molar refractivity (Wildman–Crippen MR) is 81.4 cm³/mol. The molecule has 0 aliphatic carbocycles. The smallest absolute Gasteiger partial charge is 0.241 e. The topological polar surface area (TPSA) is 55.1 Å². The SMILES string of the molecule is CC(NC(=O)[C@H](N)c1ccccc1)c1ccccc1Cl. The Morgan fingerprint density at radius 1 is 1.10 bits per heavy atom. The minimum absolute atomic E-state index is 0.189. The standard InChI is InChI=1S/C16H17ClN2O/c1-11(13-9-5-6-10-14(13)17)19-16(20)15(18)12-7-3-2-4-8-12/h2-11,15H,18H2,1H3,(H,19,20)/t11?,15-/m1/s1. The summed E-state index contributed by atoms with van der Waals surface area (Å²) in [4.78, 5) is 12.2. The number of hydrogen-bond acceptors (Lipinski definition) is 2. The highest BCUT2D eigenvalue weighted by molar-refractivity contribution is 6.31. The number of nitrogens with one attached hydrogen (secondary N) is 1. The van der Waals surface area contributed by atoms with Gasteiger partial charge in [0.15, 0.2) is 0 Å². The van der Waals surface area contributed by atoms with Gasteiger partial charge in [-0.1, -0.05) is 60.1 Å². The lowest BCUT2D eigenvalue weighted by Crippen LogP contribution is -2.35. The summed E-state index contributed by atoms with van der Waals surface area (Å²) in [5.41, 5.74) is 7.62. The lowest BCUT2D eigenvalue weighted by Gasteiger charge is -2.19. The Morgan fingerprint density at radius 3 is 2.35 bits per heavy atom. The molecule has 1 unspecified atom stereocenters. The second-order valence-corrected chi connectivity index (χ2v) is 5.05. The number of hydrogen-bond donors (Lipinski definition) is 2. The lowest BCUT2D eigenvalue weighted by atomic mass is 10.1. The van der Waals surface area contributed by atoms with Crippen LogP contribution in [0.1, 0.15) is 30.1 Å². The van der Waals surface area contributed by atoms with E-state index in [1.165, 1.54) is 0 Å². The van der Waals surface area contributed by atoms with E-state index in [9.17, 15) is 4.79 Å². The molecule has 3 N–H and O–H groups in total. The second-order valence-electron chi connectivity index (χ2n) is 4.64. The van der Waals surface area contributed by atoms with E-state index in [0.29, 0.717) is 5.02 Å². The number of nitrogens with two attached hydrogens (primary N) is 1. The predicted octanol–water partition coefficient (Wildman–Crippen LogP) is 3.22. The van der Waals surface area contributed by atoms with Gasteiger partial charge in [0.2, 0.25) is 5.91 Å². The molecule has 0 aliphatic heterocycles. The Bertz CT molecular complexity index is 586. The molecule has 104 valence electrons. The number of rotatable bonds is 4. The molecule has 4 heteroatoms. The van der Waals surface area contributed by atoms with E-state index in [4.69, 9.17) is 17.3 Å². The van der Waals surface area contributed by atoms with Crippen molar-refractivity contribution in [2.45, 2.75) is 19.0 Å². The summed E-state index contributed by atoms with van der Waals surface area (Å²) >= 11 is 6.12. The Labute approximate surface area is 123 Å². The highest BCUT2D eigenvalue weighted by Crippen LogP contribution is 2.22. The van der Waals surface area contributed by atoms with Crippen molar-refractivity contribution in [1.29, 1.82) is 0 Å². The van der Waals surface area contributed by atoms with Gasteiger partial charge in [0.1, 0.15) is 6.04 Å². The van der Waals surface area contributed by atoms with Crippen molar-refractivity contribution in [3.8, 4) is 0 Å². The zero-order valence-electron chi connectivity index (χ0n) is 11.2. The number of amides is 1. The van der Waals surface area contributed by atoms with E-state index >= 15 is 0 Å². The van der Waals surface area contributed by atoms with Crippen LogP contribution in [0.3, 0.4) is 0 Å². The Balaban J connectivity index is 2.07. The molecule has 0 radical (unpaired) electrons. The van der Waals surface area contributed by atoms with E-state index < -0.39 is 6.04 Å². The Kier molecular flexibility index (Phi) is 4.77. The third-order valence-corrected chi connectivity index (χ3v) is 3.52. The molecule has 3 nitrogen and oxygen atoms in total. The van der Waals surface area contributed by atoms with Gasteiger partial charge in [0.25, 0.3) is 0 Å². The fourth-order valence-corrected chi connectivity index (χ4v) is 2.32. The van der Waals surface area contributed by atoms with Gasteiger partial charge in [0, 0.05) is 5.02 Å². The van der Waals surface area contributed by atoms with Crippen LogP contribution in [0.4, 0.5) is 0 Å². The first-order chi connectivity index (χ1) is 9.59. The lowest BCUT2D eigenvalue weighted by molar-refractivity contribution is -0.123. The van der Waals surface area contributed by atoms with Crippen LogP contribution < -0.4 is 11.1 Å². The average Bonchev–Trinajstić information content (AvgIpc) is 2.47. The average molecular weight is 289 g/mol. The van der Waals surface area contributed by atoms with Gasteiger partial charge >= 0.3 is 0 Å². The molecule has 0 aromatic heterocycles. The molecule has 1 amide bonds. The summed E-state index contributed by atoms with van der Waals surface area (Å²) in [6, 6.07) is 15.9. The Morgan fingerprint density at radius 2 is 1.70 bits per heavy atom. The highest BCUT2D eigenvalue weighted by atomic mass is 35.5. The zero-order valence-corrected chi connectivity index (χ0v) is 12.0. The first-order valence-electron chi connectivity index (χ1n) is 6.45. The van der Waals surface area contributed by atoms with E-state index in [2.05, 4.69) is 5.32 Å². The summed E-state index contributed by atoms with van der Waals surface area (Å²) in [6.45, 7) is 1.89. The van der Waals surface area contributed by atoms with Crippen LogP contribution in [0.2, 0.25) is 5.02 Å². The van der Waals surface area contributed by atoms with Crippen molar-refractivity contribution in [2.75, 3.05) is 0 Å². The Hall–Kier alpha value is -1.84. The van der Waals surface area contributed by atoms with Gasteiger partial charge in [-0.15, -0.1) is 0 Å². The monoisotopic (exact) mass is 288 g/mol. The largest absolute Gasteiger partial charge is 0.348 e. The quantitative estimate of drug-likeness (QED) is 0.907. The van der Waals surface area contributed by atoms with Crippen molar-refractivity contribution < 1.29 is 4.79 Å². The van der Waals surface area contributed by atoms with E-state index in [0.717, 1.165) is 11.1 Å². The van der Waals surface area contributed by atoms with Gasteiger partial charge in [-0.2, -0.15) is 0 Å². The molecule has 0 spiro atoms. The number of halogens is 1. The molecule has 0 saturated carbocycles. The van der Waals surface area contributed by atoms with Crippen LogP contribution in [-0.4, -0.2) is 5.91 Å². The zero-order chi connectivity index (χ0) is 14.5. The molecule has 2 atom stereocenters. The maximum absolute atomic E-state index is 12.2. The summed E-state index contributed by atoms with van der Waals surface area (Å²) in [5.74, 6) is -0.219. The van der Waals surface area contributed by atoms with Gasteiger partial charge in [-0.3, -0.25) is 4.79 Å². The maximum atomic E-state index is 12.2.